The number of aliphatic carboxylic acids is 1. The monoisotopic (exact) mass is 241 g/mol. The minimum atomic E-state index is -1.02. The van der Waals surface area contributed by atoms with E-state index in [1.165, 1.54) is 29.8 Å². The molecule has 1 N–H and O–H groups in total. The van der Waals surface area contributed by atoms with E-state index >= 15 is 0 Å². The highest BCUT2D eigenvalue weighted by Gasteiger charge is 2.18. The summed E-state index contributed by atoms with van der Waals surface area (Å²) in [4.78, 5) is 10.9. The lowest BCUT2D eigenvalue weighted by Gasteiger charge is -2.10. The van der Waals surface area contributed by atoms with Crippen LogP contribution in [-0.2, 0) is 4.79 Å². The molecule has 3 nitrogen and oxygen atoms in total. The Morgan fingerprint density at radius 1 is 1.50 bits per heavy atom. The molecule has 1 atom stereocenters. The Morgan fingerprint density at radius 3 is 2.81 bits per heavy atom. The maximum atomic E-state index is 13.6. The van der Waals surface area contributed by atoms with Crippen LogP contribution < -0.4 is 0 Å². The summed E-state index contributed by atoms with van der Waals surface area (Å²) in [7, 11) is 0. The molecule has 1 aromatic carbocycles. The standard InChI is InChI=1S/C11H9ClFNO2/c1-6(11(15)16)14-5-4-7-8(12)2-3-9(13)10(7)14/h2-6H,1H3,(H,15,16). The molecule has 1 heterocycles. The molecule has 0 fully saturated rings. The van der Waals surface area contributed by atoms with Crippen molar-refractivity contribution in [2.75, 3.05) is 0 Å². The molecule has 0 saturated carbocycles. The van der Waals surface area contributed by atoms with Crippen LogP contribution >= 0.6 is 11.6 Å². The van der Waals surface area contributed by atoms with Crippen molar-refractivity contribution in [2.45, 2.75) is 13.0 Å². The fourth-order valence-corrected chi connectivity index (χ4v) is 1.86. The summed E-state index contributed by atoms with van der Waals surface area (Å²) in [6.45, 7) is 1.49. The van der Waals surface area contributed by atoms with Crippen LogP contribution in [0, 0.1) is 5.82 Å². The number of carboxylic acids is 1. The highest BCUT2D eigenvalue weighted by atomic mass is 35.5. The number of benzene rings is 1. The summed E-state index contributed by atoms with van der Waals surface area (Å²) in [6, 6.07) is 3.47. The summed E-state index contributed by atoms with van der Waals surface area (Å²) in [6.07, 6.45) is 1.53. The number of fused-ring (bicyclic) bond motifs is 1. The molecule has 0 saturated heterocycles. The average Bonchev–Trinajstić information content (AvgIpc) is 2.67. The molecule has 0 amide bonds. The predicted octanol–water partition coefficient (Wildman–Crippen LogP) is 3.08. The molecule has 0 spiro atoms. The van der Waals surface area contributed by atoms with Crippen molar-refractivity contribution >= 4 is 28.5 Å². The Hall–Kier alpha value is -1.55. The third-order valence-electron chi connectivity index (χ3n) is 2.55. The van der Waals surface area contributed by atoms with Crippen LogP contribution in [-0.4, -0.2) is 15.6 Å². The summed E-state index contributed by atoms with van der Waals surface area (Å²) in [5.41, 5.74) is 0.224. The van der Waals surface area contributed by atoms with Crippen LogP contribution in [0.25, 0.3) is 10.9 Å². The highest BCUT2D eigenvalue weighted by Crippen LogP contribution is 2.28. The lowest BCUT2D eigenvalue weighted by molar-refractivity contribution is -0.140. The number of carboxylic acid groups (broad SMARTS) is 1. The summed E-state index contributed by atoms with van der Waals surface area (Å²) in [5, 5.41) is 9.83. The van der Waals surface area contributed by atoms with Crippen molar-refractivity contribution in [3.63, 3.8) is 0 Å². The maximum Gasteiger partial charge on any atom is 0.326 e. The number of halogens is 2. The van der Waals surface area contributed by atoms with Gasteiger partial charge in [-0.3, -0.25) is 0 Å². The van der Waals surface area contributed by atoms with Gasteiger partial charge in [0, 0.05) is 11.6 Å². The summed E-state index contributed by atoms with van der Waals surface area (Å²) >= 11 is 5.90. The van der Waals surface area contributed by atoms with Crippen LogP contribution in [0.1, 0.15) is 13.0 Å². The molecular formula is C11H9ClFNO2. The van der Waals surface area contributed by atoms with E-state index in [2.05, 4.69) is 0 Å². The lowest BCUT2D eigenvalue weighted by atomic mass is 10.2. The molecule has 0 aliphatic carbocycles. The van der Waals surface area contributed by atoms with Crippen molar-refractivity contribution in [2.24, 2.45) is 0 Å². The molecule has 1 aromatic heterocycles. The normalized spacial score (nSPS) is 12.9. The van der Waals surface area contributed by atoms with Gasteiger partial charge in [0.25, 0.3) is 0 Å². The number of hydrogen-bond donors (Lipinski definition) is 1. The van der Waals surface area contributed by atoms with Crippen LogP contribution in [0.3, 0.4) is 0 Å². The summed E-state index contributed by atoms with van der Waals surface area (Å²) in [5.74, 6) is -1.49. The fraction of sp³-hybridized carbons (Fsp3) is 0.182. The predicted molar refractivity (Wildman–Crippen MR) is 59.3 cm³/mol. The number of carbonyl (C=O) groups is 1. The molecule has 2 aromatic rings. The van der Waals surface area contributed by atoms with Crippen LogP contribution in [0.4, 0.5) is 4.39 Å². The van der Waals surface area contributed by atoms with E-state index in [-0.39, 0.29) is 5.52 Å². The van der Waals surface area contributed by atoms with Crippen LogP contribution in [0.5, 0.6) is 0 Å². The lowest BCUT2D eigenvalue weighted by Crippen LogP contribution is -2.14. The minimum absolute atomic E-state index is 0.224. The topological polar surface area (TPSA) is 42.2 Å². The van der Waals surface area contributed by atoms with E-state index in [0.717, 1.165) is 0 Å². The Morgan fingerprint density at radius 2 is 2.19 bits per heavy atom. The smallest absolute Gasteiger partial charge is 0.326 e. The van der Waals surface area contributed by atoms with Crippen molar-refractivity contribution in [1.29, 1.82) is 0 Å². The minimum Gasteiger partial charge on any atom is -0.480 e. The van der Waals surface area contributed by atoms with E-state index in [4.69, 9.17) is 16.7 Å². The summed E-state index contributed by atoms with van der Waals surface area (Å²) < 4.78 is 15.0. The molecule has 1 unspecified atom stereocenters. The van der Waals surface area contributed by atoms with Crippen molar-refractivity contribution < 1.29 is 14.3 Å². The first-order chi connectivity index (χ1) is 7.52. The molecule has 0 aliphatic heterocycles. The Kier molecular flexibility index (Phi) is 2.59. The van der Waals surface area contributed by atoms with Gasteiger partial charge in [0.2, 0.25) is 0 Å². The molecule has 84 valence electrons. The molecule has 0 bridgehead atoms. The van der Waals surface area contributed by atoms with E-state index in [1.807, 2.05) is 0 Å². The first-order valence-corrected chi connectivity index (χ1v) is 5.07. The third-order valence-corrected chi connectivity index (χ3v) is 2.88. The van der Waals surface area contributed by atoms with Gasteiger partial charge in [-0.2, -0.15) is 0 Å². The first kappa shape index (κ1) is 11.0. The van der Waals surface area contributed by atoms with Gasteiger partial charge in [-0.05, 0) is 25.1 Å². The van der Waals surface area contributed by atoms with Crippen LogP contribution in [0.15, 0.2) is 24.4 Å². The number of rotatable bonds is 2. The maximum absolute atomic E-state index is 13.6. The first-order valence-electron chi connectivity index (χ1n) is 4.69. The zero-order chi connectivity index (χ0) is 11.9. The van der Waals surface area contributed by atoms with E-state index < -0.39 is 17.8 Å². The van der Waals surface area contributed by atoms with Gasteiger partial charge < -0.3 is 9.67 Å². The van der Waals surface area contributed by atoms with Crippen LogP contribution in [0.2, 0.25) is 5.02 Å². The molecule has 0 aliphatic rings. The SMILES string of the molecule is CC(C(=O)O)n1ccc2c(Cl)ccc(F)c21. The van der Waals surface area contributed by atoms with Crippen molar-refractivity contribution in [3.05, 3.63) is 35.2 Å². The second-order valence-electron chi connectivity index (χ2n) is 3.53. The van der Waals surface area contributed by atoms with E-state index in [1.54, 1.807) is 6.07 Å². The van der Waals surface area contributed by atoms with Gasteiger partial charge in [-0.15, -0.1) is 0 Å². The fourth-order valence-electron chi connectivity index (χ4n) is 1.65. The molecule has 5 heteroatoms. The van der Waals surface area contributed by atoms with E-state index in [0.29, 0.717) is 10.4 Å². The van der Waals surface area contributed by atoms with Gasteiger partial charge in [0.05, 0.1) is 10.5 Å². The molecule has 2 rings (SSSR count). The van der Waals surface area contributed by atoms with Gasteiger partial charge in [0.15, 0.2) is 0 Å². The molecule has 16 heavy (non-hydrogen) atoms. The van der Waals surface area contributed by atoms with Gasteiger partial charge in [-0.25, -0.2) is 9.18 Å². The van der Waals surface area contributed by atoms with Gasteiger partial charge in [0.1, 0.15) is 11.9 Å². The zero-order valence-electron chi connectivity index (χ0n) is 8.45. The second kappa shape index (κ2) is 3.79. The van der Waals surface area contributed by atoms with Gasteiger partial charge >= 0.3 is 5.97 Å². The third kappa shape index (κ3) is 1.55. The van der Waals surface area contributed by atoms with Gasteiger partial charge in [-0.1, -0.05) is 11.6 Å². The Labute approximate surface area is 96.1 Å². The average molecular weight is 242 g/mol. The number of aromatic nitrogens is 1. The highest BCUT2D eigenvalue weighted by molar-refractivity contribution is 6.35. The Bertz CT molecular complexity index is 564. The Balaban J connectivity index is 2.73. The quantitative estimate of drug-likeness (QED) is 0.878. The van der Waals surface area contributed by atoms with Crippen molar-refractivity contribution in [3.8, 4) is 0 Å². The second-order valence-corrected chi connectivity index (χ2v) is 3.94. The molecule has 0 radical (unpaired) electrons. The van der Waals surface area contributed by atoms with E-state index in [9.17, 15) is 9.18 Å². The number of hydrogen-bond acceptors (Lipinski definition) is 1. The molecular weight excluding hydrogens is 233 g/mol. The number of nitrogens with zero attached hydrogens (tertiary/aromatic N) is 1. The van der Waals surface area contributed by atoms with Crippen molar-refractivity contribution in [1.82, 2.24) is 4.57 Å². The zero-order valence-corrected chi connectivity index (χ0v) is 9.20. The largest absolute Gasteiger partial charge is 0.480 e.